The summed E-state index contributed by atoms with van der Waals surface area (Å²) in [4.78, 5) is 4.69. The minimum Gasteiger partial charge on any atom is -0.256 e. The fourth-order valence-electron chi connectivity index (χ4n) is 3.78. The Morgan fingerprint density at radius 2 is 1.68 bits per heavy atom. The maximum absolute atomic E-state index is 4.69. The predicted octanol–water partition coefficient (Wildman–Crippen LogP) is 5.27. The monoisotopic (exact) mass is 281 g/mol. The van der Waals surface area contributed by atoms with Crippen molar-refractivity contribution >= 4 is 21.5 Å². The molecule has 3 aromatic carbocycles. The van der Waals surface area contributed by atoms with Crippen LogP contribution in [0.25, 0.3) is 32.8 Å². The number of rotatable bonds is 0. The van der Waals surface area contributed by atoms with E-state index in [9.17, 15) is 0 Å². The molecule has 1 aliphatic rings. The summed E-state index contributed by atoms with van der Waals surface area (Å²) >= 11 is 0. The number of hydrogen-bond acceptors (Lipinski definition) is 1. The van der Waals surface area contributed by atoms with E-state index in [4.69, 9.17) is 4.98 Å². The van der Waals surface area contributed by atoms with Gasteiger partial charge in [-0.05, 0) is 51.2 Å². The largest absolute Gasteiger partial charge is 0.256 e. The molecule has 104 valence electrons. The van der Waals surface area contributed by atoms with E-state index in [0.717, 1.165) is 6.42 Å². The summed E-state index contributed by atoms with van der Waals surface area (Å²) in [5, 5.41) is 5.27. The first-order valence-electron chi connectivity index (χ1n) is 7.71. The molecule has 22 heavy (non-hydrogen) atoms. The van der Waals surface area contributed by atoms with Gasteiger partial charge in [-0.3, -0.25) is 4.98 Å². The van der Waals surface area contributed by atoms with Gasteiger partial charge in [0, 0.05) is 18.2 Å². The first kappa shape index (κ1) is 11.9. The van der Waals surface area contributed by atoms with E-state index in [1.54, 1.807) is 0 Å². The Hall–Kier alpha value is -2.67. The molecule has 0 atom stereocenters. The Morgan fingerprint density at radius 1 is 0.818 bits per heavy atom. The molecular formula is C21H15N. The lowest BCUT2D eigenvalue weighted by molar-refractivity contribution is 1.18. The fourth-order valence-corrected chi connectivity index (χ4v) is 3.78. The molecule has 0 saturated carbocycles. The normalized spacial score (nSPS) is 12.6. The van der Waals surface area contributed by atoms with Crippen LogP contribution in [-0.4, -0.2) is 4.98 Å². The van der Waals surface area contributed by atoms with Crippen LogP contribution in [0.4, 0.5) is 0 Å². The topological polar surface area (TPSA) is 12.9 Å². The molecule has 0 unspecified atom stereocenters. The highest BCUT2D eigenvalue weighted by atomic mass is 14.7. The molecule has 0 amide bonds. The number of aryl methyl sites for hydroxylation is 1. The fraction of sp³-hybridized carbons (Fsp3) is 0.0952. The van der Waals surface area contributed by atoms with Crippen molar-refractivity contribution < 1.29 is 0 Å². The van der Waals surface area contributed by atoms with Gasteiger partial charge in [-0.1, -0.05) is 48.5 Å². The Bertz CT molecular complexity index is 1060. The van der Waals surface area contributed by atoms with E-state index in [2.05, 4.69) is 61.5 Å². The van der Waals surface area contributed by atoms with Gasteiger partial charge in [0.05, 0.1) is 5.69 Å². The molecule has 1 aliphatic carbocycles. The minimum absolute atomic E-state index is 1.01. The third-order valence-corrected chi connectivity index (χ3v) is 4.91. The third-order valence-electron chi connectivity index (χ3n) is 4.91. The number of hydrogen-bond donors (Lipinski definition) is 0. The Balaban J connectivity index is 1.96. The van der Waals surface area contributed by atoms with Gasteiger partial charge < -0.3 is 0 Å². The van der Waals surface area contributed by atoms with Crippen molar-refractivity contribution in [1.29, 1.82) is 0 Å². The minimum atomic E-state index is 1.01. The molecule has 0 spiro atoms. The maximum atomic E-state index is 4.69. The number of nitrogens with zero attached hydrogens (tertiary/aromatic N) is 1. The average molecular weight is 281 g/mol. The van der Waals surface area contributed by atoms with Gasteiger partial charge in [-0.15, -0.1) is 0 Å². The van der Waals surface area contributed by atoms with Crippen LogP contribution in [0.5, 0.6) is 0 Å². The van der Waals surface area contributed by atoms with E-state index in [1.165, 1.54) is 49.5 Å². The van der Waals surface area contributed by atoms with E-state index in [0.29, 0.717) is 0 Å². The van der Waals surface area contributed by atoms with Crippen LogP contribution < -0.4 is 0 Å². The van der Waals surface area contributed by atoms with Crippen molar-refractivity contribution in [3.05, 3.63) is 77.5 Å². The van der Waals surface area contributed by atoms with E-state index in [1.807, 2.05) is 6.20 Å². The quantitative estimate of drug-likeness (QED) is 0.352. The summed E-state index contributed by atoms with van der Waals surface area (Å²) in [6.45, 7) is 2.18. The molecule has 0 saturated heterocycles. The van der Waals surface area contributed by atoms with Crippen LogP contribution in [0.15, 0.2) is 60.8 Å². The van der Waals surface area contributed by atoms with Gasteiger partial charge >= 0.3 is 0 Å². The van der Waals surface area contributed by atoms with Crippen LogP contribution in [0.3, 0.4) is 0 Å². The van der Waals surface area contributed by atoms with Crippen molar-refractivity contribution in [2.45, 2.75) is 13.3 Å². The lowest BCUT2D eigenvalue weighted by atomic mass is 9.96. The highest BCUT2D eigenvalue weighted by molar-refractivity contribution is 6.13. The lowest BCUT2D eigenvalue weighted by Gasteiger charge is -2.09. The molecule has 0 N–H and O–H groups in total. The summed E-state index contributed by atoms with van der Waals surface area (Å²) in [7, 11) is 0. The van der Waals surface area contributed by atoms with Crippen LogP contribution >= 0.6 is 0 Å². The molecule has 0 bridgehead atoms. The molecule has 4 aromatic rings. The van der Waals surface area contributed by atoms with E-state index in [-0.39, 0.29) is 0 Å². The van der Waals surface area contributed by atoms with E-state index >= 15 is 0 Å². The Morgan fingerprint density at radius 3 is 2.64 bits per heavy atom. The molecule has 1 heteroatoms. The molecule has 0 aliphatic heterocycles. The van der Waals surface area contributed by atoms with Crippen LogP contribution in [-0.2, 0) is 6.42 Å². The summed E-state index contributed by atoms with van der Waals surface area (Å²) in [6.07, 6.45) is 2.94. The average Bonchev–Trinajstić information content (AvgIpc) is 2.95. The van der Waals surface area contributed by atoms with Crippen LogP contribution in [0.1, 0.15) is 16.7 Å². The summed E-state index contributed by atoms with van der Waals surface area (Å²) < 4.78 is 0. The Labute approximate surface area is 129 Å². The number of aromatic nitrogens is 1. The van der Waals surface area contributed by atoms with Crippen molar-refractivity contribution in [1.82, 2.24) is 4.98 Å². The predicted molar refractivity (Wildman–Crippen MR) is 92.2 cm³/mol. The lowest BCUT2D eigenvalue weighted by Crippen LogP contribution is -1.88. The van der Waals surface area contributed by atoms with Gasteiger partial charge in [0.2, 0.25) is 0 Å². The number of fused-ring (bicyclic) bond motifs is 7. The van der Waals surface area contributed by atoms with Crippen molar-refractivity contribution in [2.24, 2.45) is 0 Å². The molecule has 5 rings (SSSR count). The van der Waals surface area contributed by atoms with Gasteiger partial charge in [0.1, 0.15) is 0 Å². The molecule has 0 radical (unpaired) electrons. The molecule has 1 aromatic heterocycles. The standard InChI is InChI=1S/C21H15N/c1-13-10-11-22-21-19(13)12-15-7-8-17-16-5-3-2-4-14(16)6-9-18(17)20(15)21/h2-11H,12H2,1H3. The highest BCUT2D eigenvalue weighted by Crippen LogP contribution is 2.42. The molecule has 1 heterocycles. The Kier molecular flexibility index (Phi) is 2.26. The number of benzene rings is 3. The van der Waals surface area contributed by atoms with Crippen molar-refractivity contribution in [3.63, 3.8) is 0 Å². The van der Waals surface area contributed by atoms with E-state index < -0.39 is 0 Å². The van der Waals surface area contributed by atoms with Crippen LogP contribution in [0, 0.1) is 6.92 Å². The zero-order valence-electron chi connectivity index (χ0n) is 12.4. The zero-order chi connectivity index (χ0) is 14.7. The second kappa shape index (κ2) is 4.17. The van der Waals surface area contributed by atoms with Gasteiger partial charge in [-0.2, -0.15) is 0 Å². The smallest absolute Gasteiger partial charge is 0.0749 e. The summed E-state index contributed by atoms with van der Waals surface area (Å²) in [5.41, 5.74) is 6.64. The number of pyridine rings is 1. The van der Waals surface area contributed by atoms with Crippen molar-refractivity contribution in [2.75, 3.05) is 0 Å². The zero-order valence-corrected chi connectivity index (χ0v) is 12.4. The maximum Gasteiger partial charge on any atom is 0.0749 e. The van der Waals surface area contributed by atoms with Crippen molar-refractivity contribution in [3.8, 4) is 11.3 Å². The van der Waals surface area contributed by atoms with Crippen LogP contribution in [0.2, 0.25) is 0 Å². The SMILES string of the molecule is Cc1ccnc2c1Cc1ccc3c(ccc4ccccc43)c1-2. The highest BCUT2D eigenvalue weighted by Gasteiger charge is 2.23. The first-order valence-corrected chi connectivity index (χ1v) is 7.71. The third kappa shape index (κ3) is 1.46. The molecular weight excluding hydrogens is 266 g/mol. The molecule has 1 nitrogen and oxygen atoms in total. The first-order chi connectivity index (χ1) is 10.8. The second-order valence-corrected chi connectivity index (χ2v) is 6.11. The van der Waals surface area contributed by atoms with Gasteiger partial charge in [0.25, 0.3) is 0 Å². The summed E-state index contributed by atoms with van der Waals surface area (Å²) in [6, 6.07) is 19.8. The van der Waals surface area contributed by atoms with Gasteiger partial charge in [0.15, 0.2) is 0 Å². The molecule has 0 fully saturated rings. The summed E-state index contributed by atoms with van der Waals surface area (Å²) in [5.74, 6) is 0. The second-order valence-electron chi connectivity index (χ2n) is 6.11. The van der Waals surface area contributed by atoms with Gasteiger partial charge in [-0.25, -0.2) is 0 Å².